The lowest BCUT2D eigenvalue weighted by atomic mass is 10.1. The number of anilines is 1. The highest BCUT2D eigenvalue weighted by atomic mass is 16.5. The third-order valence-corrected chi connectivity index (χ3v) is 3.86. The molecule has 0 bridgehead atoms. The van der Waals surface area contributed by atoms with Crippen molar-refractivity contribution in [2.24, 2.45) is 0 Å². The van der Waals surface area contributed by atoms with Gasteiger partial charge in [-0.15, -0.1) is 0 Å². The van der Waals surface area contributed by atoms with Crippen LogP contribution in [0.15, 0.2) is 39.6 Å². The van der Waals surface area contributed by atoms with Crippen molar-refractivity contribution in [1.82, 2.24) is 20.0 Å². The molecule has 0 saturated heterocycles. The summed E-state index contributed by atoms with van der Waals surface area (Å²) in [6.45, 7) is 1.68. The van der Waals surface area contributed by atoms with Gasteiger partial charge in [0.1, 0.15) is 5.82 Å². The Morgan fingerprint density at radius 2 is 1.84 bits per heavy atom. The van der Waals surface area contributed by atoms with E-state index in [-0.39, 0.29) is 16.9 Å². The zero-order valence-electron chi connectivity index (χ0n) is 12.9. The lowest BCUT2D eigenvalue weighted by molar-refractivity contribution is 0.0880. The molecular formula is C16H11N5O4. The molecule has 2 aromatic heterocycles. The number of nitrogen functional groups attached to an aromatic ring is 1. The highest BCUT2D eigenvalue weighted by Gasteiger charge is 2.31. The maximum Gasteiger partial charge on any atom is 0.262 e. The molecule has 9 nitrogen and oxygen atoms in total. The third kappa shape index (κ3) is 2.21. The first-order valence-corrected chi connectivity index (χ1v) is 7.28. The van der Waals surface area contributed by atoms with Crippen LogP contribution in [0.2, 0.25) is 0 Å². The van der Waals surface area contributed by atoms with Crippen molar-refractivity contribution in [2.75, 3.05) is 5.73 Å². The van der Waals surface area contributed by atoms with Gasteiger partial charge >= 0.3 is 0 Å². The van der Waals surface area contributed by atoms with E-state index >= 15 is 0 Å². The molecule has 3 aromatic rings. The van der Waals surface area contributed by atoms with Crippen LogP contribution in [0.1, 0.15) is 26.6 Å². The highest BCUT2D eigenvalue weighted by molar-refractivity contribution is 6.23. The quantitative estimate of drug-likeness (QED) is 0.656. The number of hydrogen-bond donors (Lipinski definition) is 2. The number of rotatable bonds is 2. The molecule has 0 saturated carbocycles. The first kappa shape index (κ1) is 14.8. The first-order valence-electron chi connectivity index (χ1n) is 7.28. The molecule has 3 N–H and O–H groups in total. The summed E-state index contributed by atoms with van der Waals surface area (Å²) in [7, 11) is 0. The molecule has 1 aliphatic rings. The van der Waals surface area contributed by atoms with Crippen LogP contribution in [0.25, 0.3) is 17.1 Å². The summed E-state index contributed by atoms with van der Waals surface area (Å²) in [4.78, 5) is 40.0. The Morgan fingerprint density at radius 1 is 1.12 bits per heavy atom. The second-order valence-corrected chi connectivity index (χ2v) is 5.46. The highest BCUT2D eigenvalue weighted by Crippen LogP contribution is 2.24. The number of amides is 2. The van der Waals surface area contributed by atoms with Crippen molar-refractivity contribution in [3.8, 4) is 17.1 Å². The van der Waals surface area contributed by atoms with Crippen LogP contribution in [0.3, 0.4) is 0 Å². The van der Waals surface area contributed by atoms with E-state index in [1.54, 1.807) is 31.2 Å². The van der Waals surface area contributed by atoms with Crippen molar-refractivity contribution >= 4 is 17.6 Å². The Morgan fingerprint density at radius 3 is 2.48 bits per heavy atom. The van der Waals surface area contributed by atoms with Crippen LogP contribution in [-0.2, 0) is 0 Å². The minimum Gasteiger partial charge on any atom is -0.384 e. The number of benzene rings is 1. The van der Waals surface area contributed by atoms with Crippen LogP contribution in [0.5, 0.6) is 0 Å². The average Bonchev–Trinajstić information content (AvgIpc) is 3.12. The number of hydrogen-bond acceptors (Lipinski definition) is 7. The molecule has 4 rings (SSSR count). The van der Waals surface area contributed by atoms with E-state index in [2.05, 4.69) is 15.5 Å². The smallest absolute Gasteiger partial charge is 0.262 e. The van der Waals surface area contributed by atoms with E-state index in [1.165, 1.54) is 4.57 Å². The molecule has 25 heavy (non-hydrogen) atoms. The van der Waals surface area contributed by atoms with Crippen molar-refractivity contribution in [2.45, 2.75) is 6.92 Å². The number of carbonyl (C=O) groups is 2. The summed E-state index contributed by atoms with van der Waals surface area (Å²) in [6, 6.07) is 7.77. The Kier molecular flexibility index (Phi) is 3.04. The molecule has 0 radical (unpaired) electrons. The van der Waals surface area contributed by atoms with Crippen LogP contribution in [-0.4, -0.2) is 26.5 Å². The van der Waals surface area contributed by atoms with Gasteiger partial charge in [-0.1, -0.05) is 5.16 Å². The molecule has 0 unspecified atom stereocenters. The molecule has 0 spiro atoms. The van der Waals surface area contributed by atoms with Crippen molar-refractivity contribution in [1.29, 1.82) is 0 Å². The van der Waals surface area contributed by atoms with Crippen molar-refractivity contribution in [3.63, 3.8) is 0 Å². The molecule has 1 aliphatic heterocycles. The van der Waals surface area contributed by atoms with Crippen molar-refractivity contribution < 1.29 is 14.1 Å². The summed E-state index contributed by atoms with van der Waals surface area (Å²) >= 11 is 0. The Labute approximate surface area is 140 Å². The zero-order chi connectivity index (χ0) is 17.7. The fourth-order valence-corrected chi connectivity index (χ4v) is 2.72. The molecule has 124 valence electrons. The number of imide groups is 1. The fraction of sp³-hybridized carbons (Fsp3) is 0.0625. The van der Waals surface area contributed by atoms with Gasteiger partial charge in [-0.3, -0.25) is 24.3 Å². The third-order valence-electron chi connectivity index (χ3n) is 3.86. The number of aryl methyl sites for hydroxylation is 1. The number of nitrogens with two attached hydrogens (primary N) is 1. The Hall–Kier alpha value is -3.75. The predicted octanol–water partition coefficient (Wildman–Crippen LogP) is 0.662. The minimum atomic E-state index is -0.626. The molecule has 9 heteroatoms. The molecule has 2 amide bonds. The molecule has 1 aromatic carbocycles. The summed E-state index contributed by atoms with van der Waals surface area (Å²) < 4.78 is 6.10. The second kappa shape index (κ2) is 5.13. The summed E-state index contributed by atoms with van der Waals surface area (Å²) in [6.07, 6.45) is 0. The lowest BCUT2D eigenvalue weighted by Crippen LogP contribution is -2.24. The van der Waals surface area contributed by atoms with Crippen molar-refractivity contribution in [3.05, 3.63) is 57.7 Å². The number of fused-ring (bicyclic) bond motifs is 1. The van der Waals surface area contributed by atoms with Crippen LogP contribution < -0.4 is 16.6 Å². The summed E-state index contributed by atoms with van der Waals surface area (Å²) in [5.41, 5.74) is 6.61. The van der Waals surface area contributed by atoms with Gasteiger partial charge in [-0.2, -0.15) is 4.98 Å². The van der Waals surface area contributed by atoms with Gasteiger partial charge in [0, 0.05) is 18.6 Å². The number of nitrogens with zero attached hydrogens (tertiary/aromatic N) is 3. The van der Waals surface area contributed by atoms with E-state index < -0.39 is 17.4 Å². The average molecular weight is 337 g/mol. The van der Waals surface area contributed by atoms with Gasteiger partial charge in [0.25, 0.3) is 17.4 Å². The SMILES string of the molecule is Cc1nc(-c2ccc(-n3c(N)c4c(cc3=O)C(=O)NC4=O)cc2)no1. The maximum absolute atomic E-state index is 12.4. The summed E-state index contributed by atoms with van der Waals surface area (Å²) in [5.74, 6) is -0.477. The fourth-order valence-electron chi connectivity index (χ4n) is 2.72. The topological polar surface area (TPSA) is 133 Å². The minimum absolute atomic E-state index is 0.00229. The van der Waals surface area contributed by atoms with Gasteiger partial charge in [0.15, 0.2) is 0 Å². The molecule has 3 heterocycles. The van der Waals surface area contributed by atoms with Gasteiger partial charge in [0.05, 0.1) is 16.8 Å². The van der Waals surface area contributed by atoms with E-state index in [4.69, 9.17) is 10.3 Å². The lowest BCUT2D eigenvalue weighted by Gasteiger charge is -2.12. The number of carbonyl (C=O) groups excluding carboxylic acids is 2. The van der Waals surface area contributed by atoms with E-state index in [0.717, 1.165) is 6.07 Å². The predicted molar refractivity (Wildman–Crippen MR) is 86.3 cm³/mol. The maximum atomic E-state index is 12.4. The van der Waals surface area contributed by atoms with E-state index in [9.17, 15) is 14.4 Å². The largest absolute Gasteiger partial charge is 0.384 e. The van der Waals surface area contributed by atoms with Gasteiger partial charge in [-0.05, 0) is 24.3 Å². The monoisotopic (exact) mass is 337 g/mol. The number of aromatic nitrogens is 3. The van der Waals surface area contributed by atoms with E-state index in [1.807, 2.05) is 0 Å². The zero-order valence-corrected chi connectivity index (χ0v) is 12.9. The van der Waals surface area contributed by atoms with Crippen LogP contribution in [0.4, 0.5) is 5.82 Å². The van der Waals surface area contributed by atoms with Gasteiger partial charge in [0.2, 0.25) is 11.7 Å². The Bertz CT molecular complexity index is 1090. The van der Waals surface area contributed by atoms with Gasteiger partial charge < -0.3 is 10.3 Å². The summed E-state index contributed by atoms with van der Waals surface area (Å²) in [5, 5.41) is 5.94. The number of nitrogens with one attached hydrogen (secondary N) is 1. The van der Waals surface area contributed by atoms with Crippen LogP contribution in [0, 0.1) is 6.92 Å². The standard InChI is InChI=1S/C16H11N5O4/c1-7-18-14(20-25-7)8-2-4-9(5-3-8)21-11(22)6-10-12(13(21)17)16(24)19-15(10)23/h2-6H,17H2,1H3,(H,19,23,24). The van der Waals surface area contributed by atoms with Gasteiger partial charge in [-0.25, -0.2) is 0 Å². The second-order valence-electron chi connectivity index (χ2n) is 5.46. The van der Waals surface area contributed by atoms with Crippen LogP contribution >= 0.6 is 0 Å². The van der Waals surface area contributed by atoms with E-state index in [0.29, 0.717) is 23.0 Å². The Balaban J connectivity index is 1.83. The number of pyridine rings is 1. The molecule has 0 atom stereocenters. The molecule has 0 aliphatic carbocycles. The molecular weight excluding hydrogens is 326 g/mol. The molecule has 0 fully saturated rings. The first-order chi connectivity index (χ1) is 12.0. The normalized spacial score (nSPS) is 13.0.